The minimum atomic E-state index is -10.7. The van der Waals surface area contributed by atoms with E-state index in [0.717, 1.165) is 92.1 Å². The molecule has 32 heteroatoms. The number of hydrogen-bond donors (Lipinski definition) is 0. The standard InChI is InChI=1S/2C46H34O9S3.F6P.K/c2*1-53-44(50)41(47)31-10-22-37(23-11-31)56-34-16-4-28(5-17-34)40(29-6-18-35(19-7-29)57-38-24-12-32(13-25-38)42(48)45(51)54-2)30-8-20-36(21-9-30)58-39-26-14-33(15-27-39)43(49)46(52)55-3;1-7(2,3,4,5)6;/h2*4-27,40H,1-3H3;;/q;;-1;+1. The zero-order chi connectivity index (χ0) is 88.8. The average molecular weight is 1840 g/mol. The van der Waals surface area contributed by atoms with Gasteiger partial charge in [-0.2, -0.15) is 0 Å². The van der Waals surface area contributed by atoms with E-state index in [1.165, 1.54) is 113 Å². The summed E-state index contributed by atoms with van der Waals surface area (Å²) in [6.07, 6.45) is 0. The Morgan fingerprint density at radius 2 is 0.282 bits per heavy atom. The maximum Gasteiger partial charge on any atom is 1.00 e. The van der Waals surface area contributed by atoms with E-state index < -0.39 is 78.3 Å². The Morgan fingerprint density at radius 3 is 0.371 bits per heavy atom. The molecule has 0 fully saturated rings. The summed E-state index contributed by atoms with van der Waals surface area (Å²) >= 11 is 9.20. The molecule has 12 rings (SSSR count). The molecule has 0 radical (unpaired) electrons. The van der Waals surface area contributed by atoms with Crippen molar-refractivity contribution < 1.29 is 163 Å². The summed E-state index contributed by atoms with van der Waals surface area (Å²) in [6, 6.07) is 90.7. The van der Waals surface area contributed by atoms with Crippen LogP contribution in [-0.2, 0) is 57.2 Å². The Bertz CT molecular complexity index is 4980. The Hall–Kier alpha value is -10.8. The normalized spacial score (nSPS) is 11.4. The minimum absolute atomic E-state index is 0. The fourth-order valence-corrected chi connectivity index (χ4v) is 16.5. The summed E-state index contributed by atoms with van der Waals surface area (Å²) in [7, 11) is -3.60. The molecule has 0 atom stereocenters. The molecule has 0 amide bonds. The summed E-state index contributed by atoms with van der Waals surface area (Å²) < 4.78 is 86.5. The molecule has 0 saturated carbocycles. The first-order valence-electron chi connectivity index (χ1n) is 36.2. The van der Waals surface area contributed by atoms with Crippen LogP contribution in [0.15, 0.2) is 350 Å². The summed E-state index contributed by atoms with van der Waals surface area (Å²) in [6.45, 7) is 0. The van der Waals surface area contributed by atoms with E-state index in [1.807, 2.05) is 0 Å². The first-order valence-corrected chi connectivity index (χ1v) is 43.1. The van der Waals surface area contributed by atoms with Crippen LogP contribution in [0.1, 0.15) is 107 Å². The van der Waals surface area contributed by atoms with Crippen LogP contribution in [0.2, 0.25) is 0 Å². The van der Waals surface area contributed by atoms with E-state index in [9.17, 15) is 82.7 Å². The molecular weight excluding hydrogens is 1770 g/mol. The molecule has 0 unspecified atom stereocenters. The van der Waals surface area contributed by atoms with Crippen molar-refractivity contribution in [1.29, 1.82) is 0 Å². The van der Waals surface area contributed by atoms with Gasteiger partial charge in [-0.15, -0.1) is 0 Å². The molecule has 0 N–H and O–H groups in total. The number of benzene rings is 12. The molecule has 0 bridgehead atoms. The number of rotatable bonds is 30. The van der Waals surface area contributed by atoms with Gasteiger partial charge >= 0.3 is 120 Å². The topological polar surface area (TPSA) is 260 Å². The number of ether oxygens (including phenoxy) is 6. The van der Waals surface area contributed by atoms with E-state index in [0.29, 0.717) is 0 Å². The molecule has 0 aromatic heterocycles. The smallest absolute Gasteiger partial charge is 1.00 e. The predicted molar refractivity (Wildman–Crippen MR) is 456 cm³/mol. The van der Waals surface area contributed by atoms with Crippen molar-refractivity contribution in [3.05, 3.63) is 358 Å². The molecule has 0 saturated heterocycles. The number of carbonyl (C=O) groups excluding carboxylic acids is 12. The van der Waals surface area contributed by atoms with E-state index >= 15 is 0 Å². The number of hydrogen-bond acceptors (Lipinski definition) is 24. The number of halogens is 6. The summed E-state index contributed by atoms with van der Waals surface area (Å²) in [4.78, 5) is 154. The molecular formula is C92H68F6KO18PS6. The molecule has 124 heavy (non-hydrogen) atoms. The number of methoxy groups -OCH3 is 6. The molecule has 0 spiro atoms. The van der Waals surface area contributed by atoms with Crippen molar-refractivity contribution in [2.24, 2.45) is 0 Å². The second-order valence-corrected chi connectivity index (χ2v) is 34.7. The van der Waals surface area contributed by atoms with Crippen molar-refractivity contribution in [2.45, 2.75) is 70.6 Å². The Labute approximate surface area is 775 Å². The molecule has 0 aliphatic rings. The summed E-state index contributed by atoms with van der Waals surface area (Å²) in [5, 5.41) is 0. The molecule has 18 nitrogen and oxygen atoms in total. The van der Waals surface area contributed by atoms with Gasteiger partial charge in [-0.1, -0.05) is 143 Å². The quantitative estimate of drug-likeness (QED) is 0.00592. The average Bonchev–Trinajstić information content (AvgIpc) is 0.783. The second kappa shape index (κ2) is 43.7. The molecule has 628 valence electrons. The summed E-state index contributed by atoms with van der Waals surface area (Å²) in [5.74, 6) is -9.84. The van der Waals surface area contributed by atoms with Gasteiger partial charge in [-0.05, 0) is 252 Å². The van der Waals surface area contributed by atoms with Gasteiger partial charge in [0.15, 0.2) is 0 Å². The van der Waals surface area contributed by atoms with Gasteiger partial charge in [0.05, 0.1) is 42.7 Å². The molecule has 0 heterocycles. The van der Waals surface area contributed by atoms with Crippen molar-refractivity contribution in [1.82, 2.24) is 0 Å². The number of Topliss-reactive ketones (excluding diaryl/α,β-unsaturated/α-hetero) is 6. The van der Waals surface area contributed by atoms with Gasteiger partial charge in [0.25, 0.3) is 34.7 Å². The number of ketones is 6. The van der Waals surface area contributed by atoms with Crippen LogP contribution in [0, 0.1) is 0 Å². The monoisotopic (exact) mass is 1840 g/mol. The van der Waals surface area contributed by atoms with Gasteiger partial charge < -0.3 is 28.4 Å². The Balaban J connectivity index is 0.000000259. The fraction of sp³-hybridized carbons (Fsp3) is 0.0870. The largest absolute Gasteiger partial charge is 1.00 e. The zero-order valence-electron chi connectivity index (χ0n) is 66.4. The SMILES string of the molecule is COC(=O)C(=O)c1ccc(Sc2ccc(C(c3ccc(Sc4ccc(C(=O)C(=O)OC)cc4)cc3)c3ccc(Sc4ccc(C(=O)C(=O)OC)cc4)cc3)cc2)cc1.COC(=O)C(=O)c1ccc(Sc2ccc(C(c3ccc(Sc4ccc(C(=O)C(=O)OC)cc4)cc3)c3ccc(Sc4ccc(C(=O)C(=O)OC)cc4)cc3)cc2)cc1.F[P-](F)(F)(F)(F)F.[K+]. The molecule has 12 aromatic carbocycles. The van der Waals surface area contributed by atoms with Crippen molar-refractivity contribution in [3.8, 4) is 0 Å². The predicted octanol–water partition coefficient (Wildman–Crippen LogP) is 19.2. The van der Waals surface area contributed by atoms with Crippen LogP contribution in [-0.4, -0.2) is 113 Å². The van der Waals surface area contributed by atoms with Gasteiger partial charge in [0.2, 0.25) is 0 Å². The molecule has 0 aliphatic carbocycles. The molecule has 0 aliphatic heterocycles. The summed E-state index contributed by atoms with van der Waals surface area (Å²) in [5.41, 5.74) is 8.00. The minimum Gasteiger partial charge on any atom is 1.00 e. The van der Waals surface area contributed by atoms with Crippen molar-refractivity contribution in [2.75, 3.05) is 42.7 Å². The third-order valence-electron chi connectivity index (χ3n) is 17.6. The first-order chi connectivity index (χ1) is 58.6. The molecule has 12 aromatic rings. The van der Waals surface area contributed by atoms with Crippen LogP contribution >= 0.6 is 78.4 Å². The fourth-order valence-electron chi connectivity index (χ4n) is 11.7. The second-order valence-electron chi connectivity index (χ2n) is 25.9. The maximum absolute atomic E-state index is 12.2. The Morgan fingerprint density at radius 1 is 0.194 bits per heavy atom. The number of esters is 6. The third-order valence-corrected chi connectivity index (χ3v) is 23.7. The van der Waals surface area contributed by atoms with Crippen molar-refractivity contribution in [3.63, 3.8) is 0 Å². The first kappa shape index (κ1) is 97.0. The Kier molecular flexibility index (Phi) is 34.2. The van der Waals surface area contributed by atoms with Gasteiger partial charge in [0, 0.05) is 104 Å². The van der Waals surface area contributed by atoms with Crippen LogP contribution in [0.4, 0.5) is 25.2 Å². The third kappa shape index (κ3) is 28.6. The van der Waals surface area contributed by atoms with Gasteiger partial charge in [-0.3, -0.25) is 28.8 Å². The maximum atomic E-state index is 12.2. The van der Waals surface area contributed by atoms with E-state index in [2.05, 4.69) is 174 Å². The van der Waals surface area contributed by atoms with Crippen LogP contribution in [0.5, 0.6) is 0 Å². The van der Waals surface area contributed by atoms with Gasteiger partial charge in [0.1, 0.15) is 0 Å². The number of carbonyl (C=O) groups is 12. The van der Waals surface area contributed by atoms with Crippen LogP contribution in [0.3, 0.4) is 0 Å². The van der Waals surface area contributed by atoms with Crippen LogP contribution in [0.25, 0.3) is 0 Å². The van der Waals surface area contributed by atoms with E-state index in [4.69, 9.17) is 0 Å². The van der Waals surface area contributed by atoms with Gasteiger partial charge in [-0.25, -0.2) is 28.8 Å². The van der Waals surface area contributed by atoms with Crippen molar-refractivity contribution >= 4 is 149 Å². The van der Waals surface area contributed by atoms with E-state index in [1.54, 1.807) is 146 Å². The van der Waals surface area contributed by atoms with Crippen LogP contribution < -0.4 is 51.4 Å². The van der Waals surface area contributed by atoms with E-state index in [-0.39, 0.29) is 96.6 Å². The zero-order valence-corrected chi connectivity index (χ0v) is 75.3.